The van der Waals surface area contributed by atoms with Crippen LogP contribution < -0.4 is 28.9 Å². The number of ether oxygens (including phenoxy) is 3. The lowest BCUT2D eigenvalue weighted by Crippen LogP contribution is -2.41. The van der Waals surface area contributed by atoms with E-state index in [1.54, 1.807) is 27.5 Å². The first-order chi connectivity index (χ1) is 37.4. The number of hydrogen-bond acceptors (Lipinski definition) is 11. The number of thiazole rings is 2. The number of hydrogen-bond donors (Lipinski definition) is 3. The summed E-state index contributed by atoms with van der Waals surface area (Å²) in [6, 6.07) is 29.4. The van der Waals surface area contributed by atoms with E-state index in [1.807, 2.05) is 46.3 Å². The minimum atomic E-state index is -0.288. The highest BCUT2D eigenvalue weighted by Crippen LogP contribution is 2.42. The molecule has 0 atom stereocenters. The minimum Gasteiger partial charge on any atom is -0.496 e. The van der Waals surface area contributed by atoms with Crippen molar-refractivity contribution >= 4 is 45.9 Å². The Bertz CT molecular complexity index is 2950. The number of H-pyrrole nitrogens is 1. The van der Waals surface area contributed by atoms with Gasteiger partial charge in [-0.1, -0.05) is 71.2 Å². The van der Waals surface area contributed by atoms with Gasteiger partial charge in [0.05, 0.1) is 43.3 Å². The zero-order chi connectivity index (χ0) is 54.0. The molecule has 4 saturated carbocycles. The van der Waals surface area contributed by atoms with Gasteiger partial charge >= 0.3 is 4.87 Å². The van der Waals surface area contributed by atoms with Crippen LogP contribution in [-0.2, 0) is 9.59 Å². The molecule has 4 fully saturated rings. The molecule has 2 aromatic heterocycles. The zero-order valence-corrected chi connectivity index (χ0v) is 47.2. The fourth-order valence-electron chi connectivity index (χ4n) is 12.5. The average molecular weight is 1080 g/mol. The van der Waals surface area contributed by atoms with Crippen LogP contribution in [0.2, 0.25) is 0 Å². The lowest BCUT2D eigenvalue weighted by atomic mass is 9.78. The predicted molar refractivity (Wildman–Crippen MR) is 310 cm³/mol. The van der Waals surface area contributed by atoms with Crippen molar-refractivity contribution in [1.82, 2.24) is 9.97 Å². The number of aliphatic hydroxyl groups is 2. The van der Waals surface area contributed by atoms with Gasteiger partial charge in [0.2, 0.25) is 11.8 Å². The van der Waals surface area contributed by atoms with Crippen LogP contribution in [0.25, 0.3) is 20.9 Å². The van der Waals surface area contributed by atoms with E-state index < -0.39 is 0 Å². The summed E-state index contributed by atoms with van der Waals surface area (Å²) in [5.41, 5.74) is 8.97. The number of nitrogens with zero attached hydrogens (tertiary/aromatic N) is 3. The highest BCUT2D eigenvalue weighted by molar-refractivity contribution is 7.16. The highest BCUT2D eigenvalue weighted by Gasteiger charge is 2.35. The largest absolute Gasteiger partial charge is 0.496 e. The van der Waals surface area contributed by atoms with Crippen molar-refractivity contribution in [3.63, 3.8) is 0 Å². The van der Waals surface area contributed by atoms with Crippen LogP contribution in [0.15, 0.2) is 102 Å². The normalized spacial score (nSPS) is 23.5. The van der Waals surface area contributed by atoms with Crippen LogP contribution in [0.4, 0.5) is 11.4 Å². The molecule has 77 heavy (non-hydrogen) atoms. The molecule has 2 amide bonds. The summed E-state index contributed by atoms with van der Waals surface area (Å²) in [6.45, 7) is 5.65. The van der Waals surface area contributed by atoms with Crippen LogP contribution in [0.3, 0.4) is 0 Å². The molecule has 12 nitrogen and oxygen atoms in total. The first-order valence-corrected chi connectivity index (χ1v) is 29.7. The molecule has 4 aliphatic carbocycles. The van der Waals surface area contributed by atoms with Gasteiger partial charge in [0.1, 0.15) is 11.5 Å². The van der Waals surface area contributed by atoms with Crippen molar-refractivity contribution in [1.29, 1.82) is 0 Å². The van der Waals surface area contributed by atoms with Gasteiger partial charge in [0, 0.05) is 48.7 Å². The van der Waals surface area contributed by atoms with E-state index in [-0.39, 0.29) is 40.7 Å². The molecule has 6 aromatic rings. The van der Waals surface area contributed by atoms with Crippen molar-refractivity contribution in [2.45, 2.75) is 141 Å². The zero-order valence-electron chi connectivity index (χ0n) is 45.6. The highest BCUT2D eigenvalue weighted by atomic mass is 32.1. The number of aromatic amines is 1. The van der Waals surface area contributed by atoms with Crippen molar-refractivity contribution in [3.05, 3.63) is 129 Å². The van der Waals surface area contributed by atoms with Gasteiger partial charge in [-0.3, -0.25) is 14.4 Å². The molecule has 2 heterocycles. The third-order valence-electron chi connectivity index (χ3n) is 17.0. The van der Waals surface area contributed by atoms with Gasteiger partial charge in [0.15, 0.2) is 0 Å². The molecular formula is C63H78N4O8S2. The van der Waals surface area contributed by atoms with E-state index in [9.17, 15) is 24.6 Å². The Labute approximate surface area is 462 Å². The summed E-state index contributed by atoms with van der Waals surface area (Å²) in [7, 11) is 5.07. The maximum atomic E-state index is 14.0. The van der Waals surface area contributed by atoms with E-state index in [0.717, 1.165) is 127 Å². The quantitative estimate of drug-likeness (QED) is 0.0911. The first kappa shape index (κ1) is 55.9. The molecular weight excluding hydrogens is 1000 g/mol. The van der Waals surface area contributed by atoms with Crippen LogP contribution in [-0.4, -0.2) is 78.6 Å². The van der Waals surface area contributed by atoms with Crippen LogP contribution in [0, 0.1) is 37.5 Å². The Balaban J connectivity index is 0.000000188. The first-order valence-electron chi connectivity index (χ1n) is 28.0. The van der Waals surface area contributed by atoms with Crippen molar-refractivity contribution in [3.8, 4) is 37.6 Å². The lowest BCUT2D eigenvalue weighted by Gasteiger charge is -2.36. The van der Waals surface area contributed by atoms with E-state index in [0.29, 0.717) is 61.1 Å². The number of amides is 2. The third kappa shape index (κ3) is 14.1. The molecule has 3 N–H and O–H groups in total. The SMILES string of the molecule is COc1ccc(C2CCC(CN(C(=O)C3CCC(O)CC3)c3cccc(-c4c[nH]c(=O)s4)c3)CC2)cc1C.COc1ncc(-c2cccc(N(CC3CCC(c4ccc(OC)c(C)c4)CC3)C(=O)C3CCC(O)CC3)c2)s1. The molecule has 0 unspecified atom stereocenters. The Hall–Kier alpha value is -5.80. The van der Waals surface area contributed by atoms with Gasteiger partial charge in [-0.25, -0.2) is 4.98 Å². The minimum absolute atomic E-state index is 0.0285. The monoisotopic (exact) mass is 1080 g/mol. The molecule has 410 valence electrons. The number of aryl methyl sites for hydroxylation is 2. The second-order valence-electron chi connectivity index (χ2n) is 22.1. The molecule has 0 saturated heterocycles. The second-order valence-corrected chi connectivity index (χ2v) is 24.1. The number of benzene rings is 4. The molecule has 4 aromatic carbocycles. The van der Waals surface area contributed by atoms with Crippen molar-refractivity contribution < 1.29 is 34.0 Å². The van der Waals surface area contributed by atoms with Crippen LogP contribution in [0.1, 0.15) is 137 Å². The molecule has 0 aliphatic heterocycles. The van der Waals surface area contributed by atoms with E-state index in [1.165, 1.54) is 44.9 Å². The van der Waals surface area contributed by atoms with Crippen LogP contribution in [0.5, 0.6) is 16.7 Å². The number of aromatic nitrogens is 2. The number of anilines is 2. The Morgan fingerprint density at radius 3 is 1.42 bits per heavy atom. The summed E-state index contributed by atoms with van der Waals surface area (Å²) in [6.07, 6.45) is 17.7. The standard InChI is InChI=1S/C32H40N2O4S.C31H38N2O4S/c1-21-17-25(13-16-29(21)37-2)23-9-7-22(8-10-23)20-34(31(36)24-11-14-28(35)15-12-24)27-6-4-5-26(18-27)30-19-33-32(38-3)39-30;1-20-16-24(12-15-28(20)37-2)22-8-6-21(7-9-22)19-33(30(35)23-10-13-27(34)14-11-23)26-5-3-4-25(17-26)29-18-32-31(36)38-29/h4-6,13,16-19,22-24,28,35H,7-12,14-15,20H2,1-3H3;3-5,12,15-18,21-23,27,34H,6-11,13-14,19H2,1-2H3,(H,32,36). The van der Waals surface area contributed by atoms with Crippen molar-refractivity contribution in [2.24, 2.45) is 23.7 Å². The predicted octanol–water partition coefficient (Wildman–Crippen LogP) is 13.3. The Morgan fingerprint density at radius 1 is 0.571 bits per heavy atom. The van der Waals surface area contributed by atoms with Gasteiger partial charge in [-0.2, -0.15) is 0 Å². The summed E-state index contributed by atoms with van der Waals surface area (Å²) in [5.74, 6) is 4.17. The number of carbonyl (C=O) groups is 2. The fraction of sp³-hybridized carbons (Fsp3) is 0.492. The molecule has 4 aliphatic rings. The van der Waals surface area contributed by atoms with Gasteiger partial charge < -0.3 is 39.2 Å². The smallest absolute Gasteiger partial charge is 0.305 e. The van der Waals surface area contributed by atoms with E-state index in [4.69, 9.17) is 14.2 Å². The Morgan fingerprint density at radius 2 is 1.03 bits per heavy atom. The number of methoxy groups -OCH3 is 3. The maximum absolute atomic E-state index is 14.0. The summed E-state index contributed by atoms with van der Waals surface area (Å²) >= 11 is 2.69. The topological polar surface area (TPSA) is 155 Å². The molecule has 0 bridgehead atoms. The van der Waals surface area contributed by atoms with Gasteiger partial charge in [-0.05, 0) is 210 Å². The summed E-state index contributed by atoms with van der Waals surface area (Å²) < 4.78 is 16.2. The van der Waals surface area contributed by atoms with E-state index >= 15 is 0 Å². The maximum Gasteiger partial charge on any atom is 0.305 e. The number of rotatable bonds is 15. The molecule has 0 radical (unpaired) electrons. The number of nitrogens with one attached hydrogen (secondary N) is 1. The summed E-state index contributed by atoms with van der Waals surface area (Å²) in [5, 5.41) is 20.7. The molecule has 0 spiro atoms. The molecule has 14 heteroatoms. The van der Waals surface area contributed by atoms with Gasteiger partial charge in [0.25, 0.3) is 5.19 Å². The number of carbonyl (C=O) groups excluding carboxylic acids is 2. The third-order valence-corrected chi connectivity index (χ3v) is 18.9. The Kier molecular flexibility index (Phi) is 19.1. The summed E-state index contributed by atoms with van der Waals surface area (Å²) in [4.78, 5) is 52.5. The van der Waals surface area contributed by atoms with Gasteiger partial charge in [-0.15, -0.1) is 0 Å². The van der Waals surface area contributed by atoms with Crippen LogP contribution >= 0.6 is 22.7 Å². The lowest BCUT2D eigenvalue weighted by molar-refractivity contribution is -0.125. The molecule has 10 rings (SSSR count). The fourth-order valence-corrected chi connectivity index (χ4v) is 13.9. The van der Waals surface area contributed by atoms with E-state index in [2.05, 4.69) is 78.4 Å². The number of aliphatic hydroxyl groups excluding tert-OH is 2. The van der Waals surface area contributed by atoms with Crippen molar-refractivity contribution in [2.75, 3.05) is 44.2 Å². The average Bonchev–Trinajstić information content (AvgIpc) is 4.14. The second kappa shape index (κ2) is 26.2.